The molecule has 1 aliphatic rings. The number of carbonyl (C=O) groups is 1. The summed E-state index contributed by atoms with van der Waals surface area (Å²) in [6, 6.07) is 1.22. The van der Waals surface area contributed by atoms with Crippen molar-refractivity contribution in [3.8, 4) is 0 Å². The molecule has 1 saturated carbocycles. The number of nitro groups is 1. The smallest absolute Gasteiger partial charge is 0.337 e. The number of nitrogens with zero attached hydrogens (tertiary/aromatic N) is 2. The Morgan fingerprint density at radius 3 is 2.55 bits per heavy atom. The monoisotopic (exact) mass is 279 g/mol. The number of rotatable bonds is 4. The fraction of sp³-hybridized carbons (Fsp3) is 0.538. The van der Waals surface area contributed by atoms with E-state index in [9.17, 15) is 14.9 Å². The summed E-state index contributed by atoms with van der Waals surface area (Å²) < 4.78 is 0. The minimum atomic E-state index is -1.22. The average Bonchev–Trinajstić information content (AvgIpc) is 2.67. The third-order valence-electron chi connectivity index (χ3n) is 3.51. The van der Waals surface area contributed by atoms with Crippen LogP contribution in [0.1, 0.15) is 48.9 Å². The molecule has 20 heavy (non-hydrogen) atoms. The molecule has 1 aromatic heterocycles. The first-order valence-corrected chi connectivity index (χ1v) is 6.72. The molecule has 0 spiro atoms. The van der Waals surface area contributed by atoms with Gasteiger partial charge in [0, 0.05) is 18.3 Å². The van der Waals surface area contributed by atoms with Crippen molar-refractivity contribution in [2.45, 2.75) is 44.6 Å². The van der Waals surface area contributed by atoms with Crippen LogP contribution in [0.15, 0.2) is 12.3 Å². The molecule has 0 saturated heterocycles. The number of hydrogen-bond acceptors (Lipinski definition) is 5. The summed E-state index contributed by atoms with van der Waals surface area (Å²) in [5.41, 5.74) is -0.461. The van der Waals surface area contributed by atoms with E-state index in [1.165, 1.54) is 12.8 Å². The van der Waals surface area contributed by atoms with E-state index >= 15 is 0 Å². The summed E-state index contributed by atoms with van der Waals surface area (Å²) in [7, 11) is 0. The fourth-order valence-electron chi connectivity index (χ4n) is 2.44. The van der Waals surface area contributed by atoms with Crippen molar-refractivity contribution in [3.05, 3.63) is 27.9 Å². The van der Waals surface area contributed by atoms with Crippen LogP contribution in [-0.2, 0) is 0 Å². The van der Waals surface area contributed by atoms with Crippen LogP contribution in [0.3, 0.4) is 0 Å². The van der Waals surface area contributed by atoms with Crippen molar-refractivity contribution in [3.63, 3.8) is 0 Å². The van der Waals surface area contributed by atoms with E-state index in [2.05, 4.69) is 10.3 Å². The lowest BCUT2D eigenvalue weighted by molar-refractivity contribution is -0.384. The van der Waals surface area contributed by atoms with Crippen molar-refractivity contribution >= 4 is 17.5 Å². The zero-order valence-corrected chi connectivity index (χ0v) is 11.0. The van der Waals surface area contributed by atoms with Gasteiger partial charge in [-0.1, -0.05) is 25.7 Å². The average molecular weight is 279 g/mol. The molecule has 0 radical (unpaired) electrons. The Hall–Kier alpha value is -2.18. The second-order valence-corrected chi connectivity index (χ2v) is 4.99. The first kappa shape index (κ1) is 14.2. The number of carboxylic acid groups (broad SMARTS) is 1. The van der Waals surface area contributed by atoms with Gasteiger partial charge in [-0.2, -0.15) is 0 Å². The normalized spacial score (nSPS) is 16.4. The number of aromatic carboxylic acids is 1. The molecule has 1 fully saturated rings. The van der Waals surface area contributed by atoms with Gasteiger partial charge in [-0.25, -0.2) is 9.78 Å². The van der Waals surface area contributed by atoms with Crippen LogP contribution in [-0.4, -0.2) is 27.0 Å². The highest BCUT2D eigenvalue weighted by Crippen LogP contribution is 2.26. The Morgan fingerprint density at radius 2 is 2.00 bits per heavy atom. The topological polar surface area (TPSA) is 105 Å². The highest BCUT2D eigenvalue weighted by atomic mass is 16.6. The number of anilines is 1. The van der Waals surface area contributed by atoms with E-state index in [0.717, 1.165) is 37.9 Å². The predicted octanol–water partition coefficient (Wildman–Crippen LogP) is 2.82. The fourth-order valence-corrected chi connectivity index (χ4v) is 2.44. The van der Waals surface area contributed by atoms with Crippen LogP contribution in [0.2, 0.25) is 0 Å². The van der Waals surface area contributed by atoms with Crippen LogP contribution in [0.5, 0.6) is 0 Å². The molecule has 1 aliphatic carbocycles. The van der Waals surface area contributed by atoms with E-state index in [-0.39, 0.29) is 23.1 Å². The maximum absolute atomic E-state index is 11.0. The molecule has 0 aliphatic heterocycles. The Kier molecular flexibility index (Phi) is 4.49. The lowest BCUT2D eigenvalue weighted by Crippen LogP contribution is -2.20. The van der Waals surface area contributed by atoms with Gasteiger partial charge in [0.1, 0.15) is 0 Å². The van der Waals surface area contributed by atoms with Crippen molar-refractivity contribution < 1.29 is 14.8 Å². The second-order valence-electron chi connectivity index (χ2n) is 4.99. The third-order valence-corrected chi connectivity index (χ3v) is 3.51. The second kappa shape index (κ2) is 6.31. The maximum atomic E-state index is 11.0. The highest BCUT2D eigenvalue weighted by molar-refractivity contribution is 5.88. The van der Waals surface area contributed by atoms with E-state index in [1.807, 2.05) is 0 Å². The van der Waals surface area contributed by atoms with Crippen LogP contribution in [0.25, 0.3) is 0 Å². The minimum absolute atomic E-state index is 0.159. The predicted molar refractivity (Wildman–Crippen MR) is 73.0 cm³/mol. The maximum Gasteiger partial charge on any atom is 0.337 e. The molecule has 0 aromatic carbocycles. The largest absolute Gasteiger partial charge is 0.478 e. The Balaban J connectivity index is 2.21. The number of nitrogens with one attached hydrogen (secondary N) is 1. The van der Waals surface area contributed by atoms with Crippen LogP contribution in [0, 0.1) is 10.1 Å². The highest BCUT2D eigenvalue weighted by Gasteiger charge is 2.21. The minimum Gasteiger partial charge on any atom is -0.478 e. The molecule has 7 heteroatoms. The number of pyridine rings is 1. The zero-order chi connectivity index (χ0) is 14.5. The summed E-state index contributed by atoms with van der Waals surface area (Å²) >= 11 is 0. The van der Waals surface area contributed by atoms with Gasteiger partial charge in [-0.3, -0.25) is 10.1 Å². The molecule has 0 atom stereocenters. The van der Waals surface area contributed by atoms with Gasteiger partial charge in [-0.05, 0) is 12.8 Å². The SMILES string of the molecule is O=C(O)c1cnc(NC2CCCCCC2)c([N+](=O)[O-])c1. The molecule has 0 bridgehead atoms. The van der Waals surface area contributed by atoms with Gasteiger partial charge in [0.15, 0.2) is 0 Å². The van der Waals surface area contributed by atoms with E-state index in [4.69, 9.17) is 5.11 Å². The summed E-state index contributed by atoms with van der Waals surface area (Å²) in [6.45, 7) is 0. The molecule has 1 heterocycles. The molecule has 2 N–H and O–H groups in total. The van der Waals surface area contributed by atoms with Crippen molar-refractivity contribution in [2.75, 3.05) is 5.32 Å². The molecule has 0 unspecified atom stereocenters. The summed E-state index contributed by atoms with van der Waals surface area (Å²) in [6.07, 6.45) is 7.63. The molecular weight excluding hydrogens is 262 g/mol. The summed E-state index contributed by atoms with van der Waals surface area (Å²) in [5.74, 6) is -1.06. The molecule has 0 amide bonds. The first-order chi connectivity index (χ1) is 9.58. The van der Waals surface area contributed by atoms with Gasteiger partial charge in [0.25, 0.3) is 0 Å². The molecule has 2 rings (SSSR count). The molecule has 7 nitrogen and oxygen atoms in total. The zero-order valence-electron chi connectivity index (χ0n) is 11.0. The van der Waals surface area contributed by atoms with E-state index in [0.29, 0.717) is 0 Å². The van der Waals surface area contributed by atoms with Gasteiger partial charge in [0.05, 0.1) is 10.5 Å². The van der Waals surface area contributed by atoms with Crippen LogP contribution >= 0.6 is 0 Å². The van der Waals surface area contributed by atoms with E-state index in [1.54, 1.807) is 0 Å². The lowest BCUT2D eigenvalue weighted by Gasteiger charge is -2.16. The van der Waals surface area contributed by atoms with Crippen molar-refractivity contribution in [2.24, 2.45) is 0 Å². The van der Waals surface area contributed by atoms with Crippen molar-refractivity contribution in [1.29, 1.82) is 0 Å². The van der Waals surface area contributed by atoms with Gasteiger partial charge in [-0.15, -0.1) is 0 Å². The molecular formula is C13H17N3O4. The standard InChI is InChI=1S/C13H17N3O4/c17-13(18)9-7-11(16(19)20)12(14-8-9)15-10-5-3-1-2-4-6-10/h7-8,10H,1-6H2,(H,14,15)(H,17,18). The van der Waals surface area contributed by atoms with Gasteiger partial charge >= 0.3 is 11.7 Å². The summed E-state index contributed by atoms with van der Waals surface area (Å²) in [4.78, 5) is 25.2. The Morgan fingerprint density at radius 1 is 1.35 bits per heavy atom. The lowest BCUT2D eigenvalue weighted by atomic mass is 10.1. The third kappa shape index (κ3) is 3.43. The number of hydrogen-bond donors (Lipinski definition) is 2. The van der Waals surface area contributed by atoms with Crippen LogP contribution in [0.4, 0.5) is 11.5 Å². The molecule has 1 aromatic rings. The Bertz CT molecular complexity index is 510. The van der Waals surface area contributed by atoms with Gasteiger partial charge < -0.3 is 10.4 Å². The first-order valence-electron chi connectivity index (χ1n) is 6.72. The van der Waals surface area contributed by atoms with Crippen molar-refractivity contribution in [1.82, 2.24) is 4.98 Å². The quantitative estimate of drug-likeness (QED) is 0.498. The number of aromatic nitrogens is 1. The number of carboxylic acids is 1. The van der Waals surface area contributed by atoms with Crippen LogP contribution < -0.4 is 5.32 Å². The van der Waals surface area contributed by atoms with Gasteiger partial charge in [0.2, 0.25) is 5.82 Å². The summed E-state index contributed by atoms with van der Waals surface area (Å²) in [5, 5.41) is 23.0. The molecule has 108 valence electrons. The van der Waals surface area contributed by atoms with E-state index < -0.39 is 10.9 Å². The Labute approximate surface area is 116 Å².